The van der Waals surface area contributed by atoms with Crippen molar-refractivity contribution in [3.63, 3.8) is 0 Å². The van der Waals surface area contributed by atoms with E-state index in [1.165, 1.54) is 26.4 Å². The number of rotatable bonds is 6. The van der Waals surface area contributed by atoms with Crippen molar-refractivity contribution >= 4 is 23.6 Å². The lowest BCUT2D eigenvalue weighted by atomic mass is 10.1. The minimum atomic E-state index is -0.122. The first-order chi connectivity index (χ1) is 10.2. The van der Waals surface area contributed by atoms with Crippen LogP contribution in [0, 0.1) is 5.41 Å². The van der Waals surface area contributed by atoms with Gasteiger partial charge in [0.15, 0.2) is 0 Å². The largest absolute Gasteiger partial charge is 0.469 e. The molecule has 2 fully saturated rings. The molecule has 0 aromatic rings. The van der Waals surface area contributed by atoms with Gasteiger partial charge in [-0.2, -0.15) is 11.8 Å². The fourth-order valence-corrected chi connectivity index (χ4v) is 4.15. The SMILES string of the molecule is COC(=O)CC1(CSCC(=O)N2CCCCCCC2)CC1. The van der Waals surface area contributed by atoms with Crippen LogP contribution in [-0.4, -0.2) is 48.5 Å². The maximum absolute atomic E-state index is 12.3. The van der Waals surface area contributed by atoms with Crippen molar-refractivity contribution in [3.8, 4) is 0 Å². The fourth-order valence-electron chi connectivity index (χ4n) is 2.87. The summed E-state index contributed by atoms with van der Waals surface area (Å²) in [6, 6.07) is 0. The third-order valence-electron chi connectivity index (χ3n) is 4.55. The van der Waals surface area contributed by atoms with Crippen molar-refractivity contribution in [2.24, 2.45) is 5.41 Å². The van der Waals surface area contributed by atoms with E-state index in [-0.39, 0.29) is 17.3 Å². The Kier molecular flexibility index (Phi) is 6.40. The summed E-state index contributed by atoms with van der Waals surface area (Å²) >= 11 is 1.69. The van der Waals surface area contributed by atoms with E-state index in [0.717, 1.165) is 44.5 Å². The number of nitrogens with zero attached hydrogens (tertiary/aromatic N) is 1. The highest BCUT2D eigenvalue weighted by Crippen LogP contribution is 2.51. The van der Waals surface area contributed by atoms with Crippen LogP contribution in [-0.2, 0) is 14.3 Å². The van der Waals surface area contributed by atoms with Gasteiger partial charge in [0.25, 0.3) is 0 Å². The molecule has 0 aromatic carbocycles. The van der Waals surface area contributed by atoms with Gasteiger partial charge in [-0.15, -0.1) is 0 Å². The minimum absolute atomic E-state index is 0.119. The molecule has 1 saturated heterocycles. The van der Waals surface area contributed by atoms with Crippen LogP contribution in [0.1, 0.15) is 51.4 Å². The van der Waals surface area contributed by atoms with Crippen LogP contribution in [0.5, 0.6) is 0 Å². The van der Waals surface area contributed by atoms with Crippen molar-refractivity contribution in [2.75, 3.05) is 31.7 Å². The van der Waals surface area contributed by atoms with Crippen LogP contribution in [0.15, 0.2) is 0 Å². The van der Waals surface area contributed by atoms with Gasteiger partial charge in [-0.05, 0) is 36.9 Å². The number of esters is 1. The van der Waals surface area contributed by atoms with Gasteiger partial charge < -0.3 is 9.64 Å². The van der Waals surface area contributed by atoms with Gasteiger partial charge in [-0.3, -0.25) is 9.59 Å². The van der Waals surface area contributed by atoms with Crippen molar-refractivity contribution < 1.29 is 14.3 Å². The Hall–Kier alpha value is -0.710. The molecule has 0 spiro atoms. The molecule has 120 valence electrons. The van der Waals surface area contributed by atoms with Crippen molar-refractivity contribution in [1.29, 1.82) is 0 Å². The van der Waals surface area contributed by atoms with E-state index in [0.29, 0.717) is 12.2 Å². The highest BCUT2D eigenvalue weighted by molar-refractivity contribution is 7.99. The van der Waals surface area contributed by atoms with Gasteiger partial charge >= 0.3 is 5.97 Å². The van der Waals surface area contributed by atoms with E-state index in [1.54, 1.807) is 11.8 Å². The van der Waals surface area contributed by atoms with Gasteiger partial charge in [-0.25, -0.2) is 0 Å². The second-order valence-corrected chi connectivity index (χ2v) is 7.38. The third-order valence-corrected chi connectivity index (χ3v) is 5.81. The molecule has 21 heavy (non-hydrogen) atoms. The molecule has 0 atom stereocenters. The van der Waals surface area contributed by atoms with Gasteiger partial charge in [0.1, 0.15) is 0 Å². The van der Waals surface area contributed by atoms with Crippen molar-refractivity contribution in [2.45, 2.75) is 51.4 Å². The molecule has 1 aliphatic carbocycles. The Bertz CT molecular complexity index is 361. The molecule has 1 saturated carbocycles. The maximum atomic E-state index is 12.3. The van der Waals surface area contributed by atoms with Gasteiger partial charge in [-0.1, -0.05) is 19.3 Å². The number of thioether (sulfide) groups is 1. The highest BCUT2D eigenvalue weighted by atomic mass is 32.2. The predicted molar refractivity (Wildman–Crippen MR) is 85.3 cm³/mol. The number of carbonyl (C=O) groups excluding carboxylic acids is 2. The first-order valence-corrected chi connectivity index (χ1v) is 9.23. The number of hydrogen-bond donors (Lipinski definition) is 0. The standard InChI is InChI=1S/C16H27NO3S/c1-20-15(19)11-16(7-8-16)13-21-12-14(18)17-9-5-3-2-4-6-10-17/h2-13H2,1H3. The zero-order valence-electron chi connectivity index (χ0n) is 13.1. The average Bonchev–Trinajstić information content (AvgIpc) is 3.17. The lowest BCUT2D eigenvalue weighted by Gasteiger charge is -2.25. The molecule has 0 radical (unpaired) electrons. The maximum Gasteiger partial charge on any atom is 0.306 e. The summed E-state index contributed by atoms with van der Waals surface area (Å²) in [7, 11) is 1.44. The molecule has 0 aromatic heterocycles. The monoisotopic (exact) mass is 313 g/mol. The summed E-state index contributed by atoms with van der Waals surface area (Å²) in [4.78, 5) is 25.7. The molecular formula is C16H27NO3S. The Morgan fingerprint density at radius 2 is 1.71 bits per heavy atom. The predicted octanol–water partition coefficient (Wildman–Crippen LogP) is 2.86. The van der Waals surface area contributed by atoms with Gasteiger partial charge in [0.2, 0.25) is 5.91 Å². The molecule has 0 unspecified atom stereocenters. The smallest absolute Gasteiger partial charge is 0.306 e. The summed E-state index contributed by atoms with van der Waals surface area (Å²) in [6.07, 6.45) is 8.78. The molecule has 1 amide bonds. The number of carbonyl (C=O) groups is 2. The Morgan fingerprint density at radius 1 is 1.10 bits per heavy atom. The van der Waals surface area contributed by atoms with E-state index in [2.05, 4.69) is 0 Å². The Morgan fingerprint density at radius 3 is 2.29 bits per heavy atom. The van der Waals surface area contributed by atoms with Gasteiger partial charge in [0, 0.05) is 13.1 Å². The van der Waals surface area contributed by atoms with E-state index in [4.69, 9.17) is 4.74 Å². The number of hydrogen-bond acceptors (Lipinski definition) is 4. The number of amides is 1. The molecule has 2 aliphatic rings. The topological polar surface area (TPSA) is 46.6 Å². The van der Waals surface area contributed by atoms with E-state index >= 15 is 0 Å². The highest BCUT2D eigenvalue weighted by Gasteiger charge is 2.44. The molecule has 0 bridgehead atoms. The molecule has 2 rings (SSSR count). The second kappa shape index (κ2) is 8.06. The lowest BCUT2D eigenvalue weighted by Crippen LogP contribution is -2.35. The first kappa shape index (κ1) is 16.7. The van der Waals surface area contributed by atoms with E-state index < -0.39 is 0 Å². The van der Waals surface area contributed by atoms with E-state index in [9.17, 15) is 9.59 Å². The van der Waals surface area contributed by atoms with Crippen LogP contribution < -0.4 is 0 Å². The summed E-state index contributed by atoms with van der Waals surface area (Å²) in [5.74, 6) is 1.61. The summed E-state index contributed by atoms with van der Waals surface area (Å²) in [5, 5.41) is 0. The lowest BCUT2D eigenvalue weighted by molar-refractivity contribution is -0.141. The molecule has 0 N–H and O–H groups in total. The van der Waals surface area contributed by atoms with E-state index in [1.807, 2.05) is 4.90 Å². The zero-order chi connectivity index (χ0) is 15.1. The van der Waals surface area contributed by atoms with Crippen LogP contribution in [0.25, 0.3) is 0 Å². The molecule has 1 aliphatic heterocycles. The second-order valence-electron chi connectivity index (χ2n) is 6.39. The van der Waals surface area contributed by atoms with Crippen molar-refractivity contribution in [3.05, 3.63) is 0 Å². The number of ether oxygens (including phenoxy) is 1. The Balaban J connectivity index is 1.67. The number of likely N-dealkylation sites (tertiary alicyclic amines) is 1. The van der Waals surface area contributed by atoms with Crippen molar-refractivity contribution in [1.82, 2.24) is 4.90 Å². The zero-order valence-corrected chi connectivity index (χ0v) is 13.9. The number of methoxy groups -OCH3 is 1. The summed E-state index contributed by atoms with van der Waals surface area (Å²) in [5.41, 5.74) is 0.119. The normalized spacial score (nSPS) is 21.3. The first-order valence-electron chi connectivity index (χ1n) is 8.08. The fraction of sp³-hybridized carbons (Fsp3) is 0.875. The average molecular weight is 313 g/mol. The van der Waals surface area contributed by atoms with Crippen LogP contribution >= 0.6 is 11.8 Å². The van der Waals surface area contributed by atoms with Crippen LogP contribution in [0.3, 0.4) is 0 Å². The molecule has 4 nitrogen and oxygen atoms in total. The van der Waals surface area contributed by atoms with Crippen LogP contribution in [0.4, 0.5) is 0 Å². The molecule has 1 heterocycles. The summed E-state index contributed by atoms with van der Waals surface area (Å²) < 4.78 is 4.75. The molecular weight excluding hydrogens is 286 g/mol. The van der Waals surface area contributed by atoms with Crippen LogP contribution in [0.2, 0.25) is 0 Å². The quantitative estimate of drug-likeness (QED) is 0.707. The molecule has 5 heteroatoms. The van der Waals surface area contributed by atoms with Gasteiger partial charge in [0.05, 0.1) is 19.3 Å². The minimum Gasteiger partial charge on any atom is -0.469 e. The third kappa shape index (κ3) is 5.53. The Labute approximate surface area is 132 Å². The summed E-state index contributed by atoms with van der Waals surface area (Å²) in [6.45, 7) is 1.85.